The van der Waals surface area contributed by atoms with Gasteiger partial charge in [-0.05, 0) is 24.0 Å². The van der Waals surface area contributed by atoms with Crippen molar-refractivity contribution in [3.05, 3.63) is 29.3 Å². The first-order valence-corrected chi connectivity index (χ1v) is 12.1. The second-order valence-corrected chi connectivity index (χ2v) is 10.3. The summed E-state index contributed by atoms with van der Waals surface area (Å²) in [7, 11) is -3.14. The number of aliphatic imine (C=N–C) groups is 1. The number of nitrogens with zero attached hydrogens (tertiary/aromatic N) is 2. The number of sulfone groups is 1. The molecule has 3 rings (SSSR count). The molecule has 0 radical (unpaired) electrons. The number of hydrogen-bond donors (Lipinski definition) is 1. The third-order valence-electron chi connectivity index (χ3n) is 5.05. The normalized spacial score (nSPS) is 24.5. The Morgan fingerprint density at radius 3 is 2.39 bits per heavy atom. The van der Waals surface area contributed by atoms with Gasteiger partial charge in [-0.1, -0.05) is 43.8 Å². The van der Waals surface area contributed by atoms with Crippen molar-refractivity contribution < 1.29 is 23.1 Å². The first-order chi connectivity index (χ1) is 13.3. The average molecular weight is 425 g/mol. The summed E-state index contributed by atoms with van der Waals surface area (Å²) in [6.45, 7) is 4.08. The monoisotopic (exact) mass is 424 g/mol. The Labute approximate surface area is 169 Å². The van der Waals surface area contributed by atoms with Crippen LogP contribution in [0.5, 0.6) is 0 Å². The number of thioether (sulfide) groups is 1. The van der Waals surface area contributed by atoms with Crippen LogP contribution in [0, 0.1) is 0 Å². The Hall–Kier alpha value is -1.87. The van der Waals surface area contributed by atoms with E-state index in [1.165, 1.54) is 11.8 Å². The summed E-state index contributed by atoms with van der Waals surface area (Å²) >= 11 is 1.32. The number of hydrogen-bond acceptors (Lipinski definition) is 5. The van der Waals surface area contributed by atoms with E-state index in [1.54, 1.807) is 0 Å². The highest BCUT2D eigenvalue weighted by atomic mass is 32.2. The molecule has 0 bridgehead atoms. The Kier molecular flexibility index (Phi) is 6.14. The zero-order valence-corrected chi connectivity index (χ0v) is 17.6. The van der Waals surface area contributed by atoms with Crippen LogP contribution in [0.4, 0.5) is 5.69 Å². The lowest BCUT2D eigenvalue weighted by Crippen LogP contribution is -2.39. The number of carboxylic acids is 1. The van der Waals surface area contributed by atoms with Gasteiger partial charge in [0.2, 0.25) is 5.91 Å². The number of carbonyl (C=O) groups is 2. The molecule has 1 amide bonds. The lowest BCUT2D eigenvalue weighted by molar-refractivity contribution is -0.138. The number of fused-ring (bicyclic) bond motifs is 1. The lowest BCUT2D eigenvalue weighted by Gasteiger charge is -2.29. The Morgan fingerprint density at radius 1 is 1.18 bits per heavy atom. The number of amides is 1. The minimum atomic E-state index is -3.14. The summed E-state index contributed by atoms with van der Waals surface area (Å²) in [4.78, 5) is 29.1. The molecule has 0 spiro atoms. The third-order valence-corrected chi connectivity index (χ3v) is 8.26. The largest absolute Gasteiger partial charge is 0.481 e. The maximum Gasteiger partial charge on any atom is 0.303 e. The van der Waals surface area contributed by atoms with Crippen LogP contribution in [0.15, 0.2) is 23.2 Å². The molecule has 7 nitrogen and oxygen atoms in total. The van der Waals surface area contributed by atoms with Crippen LogP contribution in [0.2, 0.25) is 0 Å². The van der Waals surface area contributed by atoms with Crippen LogP contribution in [0.3, 0.4) is 0 Å². The van der Waals surface area contributed by atoms with E-state index in [1.807, 2.05) is 36.9 Å². The first-order valence-electron chi connectivity index (χ1n) is 9.36. The number of anilines is 1. The van der Waals surface area contributed by atoms with Crippen LogP contribution in [0.1, 0.15) is 37.8 Å². The predicted octanol–water partition coefficient (Wildman–Crippen LogP) is 2.28. The highest BCUT2D eigenvalue weighted by molar-refractivity contribution is 8.16. The fourth-order valence-electron chi connectivity index (χ4n) is 3.73. The van der Waals surface area contributed by atoms with E-state index in [0.717, 1.165) is 29.7 Å². The van der Waals surface area contributed by atoms with Gasteiger partial charge >= 0.3 is 5.97 Å². The van der Waals surface area contributed by atoms with Crippen molar-refractivity contribution in [1.29, 1.82) is 0 Å². The fraction of sp³-hybridized carbons (Fsp3) is 0.526. The number of amidine groups is 1. The molecule has 2 saturated heterocycles. The summed E-state index contributed by atoms with van der Waals surface area (Å²) in [6, 6.07) is 5.75. The molecule has 0 unspecified atom stereocenters. The van der Waals surface area contributed by atoms with E-state index >= 15 is 0 Å². The third kappa shape index (κ3) is 4.25. The van der Waals surface area contributed by atoms with Crippen LogP contribution in [-0.2, 0) is 32.3 Å². The molecule has 2 aliphatic rings. The minimum absolute atomic E-state index is 0.0359. The van der Waals surface area contributed by atoms with Gasteiger partial charge < -0.3 is 10.0 Å². The molecule has 1 aromatic carbocycles. The molecule has 0 saturated carbocycles. The standard InChI is InChI=1S/C19H24N2O5S2/c1-3-12-6-5-7-13(4-2)18(12)21-14-10-28(25,26)11-15(14)27-19(21)20-16(22)8-9-17(23)24/h5-7,14-15H,3-4,8-11H2,1-2H3,(H,23,24)/t14-,15+/m1/s1. The zero-order valence-electron chi connectivity index (χ0n) is 15.9. The molecular formula is C19H24N2O5S2. The van der Waals surface area contributed by atoms with Gasteiger partial charge in [0.05, 0.1) is 24.0 Å². The van der Waals surface area contributed by atoms with E-state index in [-0.39, 0.29) is 35.6 Å². The van der Waals surface area contributed by atoms with Crippen molar-refractivity contribution >= 4 is 44.3 Å². The fourth-order valence-corrected chi connectivity index (χ4v) is 7.64. The van der Waals surface area contributed by atoms with Gasteiger partial charge in [-0.3, -0.25) is 9.59 Å². The number of para-hydroxylation sites is 1. The maximum absolute atomic E-state index is 12.2. The van der Waals surface area contributed by atoms with Crippen LogP contribution >= 0.6 is 11.8 Å². The van der Waals surface area contributed by atoms with Gasteiger partial charge in [-0.15, -0.1) is 0 Å². The molecule has 0 aliphatic carbocycles. The zero-order chi connectivity index (χ0) is 20.5. The van der Waals surface area contributed by atoms with E-state index < -0.39 is 21.7 Å². The smallest absolute Gasteiger partial charge is 0.303 e. The maximum atomic E-state index is 12.2. The van der Waals surface area contributed by atoms with Gasteiger partial charge in [0.25, 0.3) is 0 Å². The Balaban J connectivity index is 2.05. The average Bonchev–Trinajstić information content (AvgIpc) is 3.09. The SMILES string of the molecule is CCc1cccc(CC)c1N1C(=NC(=O)CCC(=O)O)S[C@H]2CS(=O)(=O)C[C@H]21. The van der Waals surface area contributed by atoms with E-state index in [4.69, 9.17) is 5.11 Å². The topological polar surface area (TPSA) is 104 Å². The van der Waals surface area contributed by atoms with E-state index in [0.29, 0.717) is 5.17 Å². The molecule has 2 atom stereocenters. The second-order valence-electron chi connectivity index (χ2n) is 6.98. The molecule has 2 aliphatic heterocycles. The summed E-state index contributed by atoms with van der Waals surface area (Å²) < 4.78 is 24.4. The molecule has 2 heterocycles. The van der Waals surface area contributed by atoms with Gasteiger partial charge in [-0.25, -0.2) is 8.42 Å². The summed E-state index contributed by atoms with van der Waals surface area (Å²) in [5.74, 6) is -1.44. The lowest BCUT2D eigenvalue weighted by atomic mass is 10.0. The van der Waals surface area contributed by atoms with Crippen LogP contribution in [-0.4, -0.2) is 53.4 Å². The molecular weight excluding hydrogens is 400 g/mol. The molecule has 1 N–H and O–H groups in total. The predicted molar refractivity (Wildman–Crippen MR) is 111 cm³/mol. The number of benzene rings is 1. The number of carboxylic acid groups (broad SMARTS) is 1. The number of carbonyl (C=O) groups excluding carboxylic acids is 1. The highest BCUT2D eigenvalue weighted by Gasteiger charge is 2.50. The van der Waals surface area contributed by atoms with Crippen molar-refractivity contribution in [2.24, 2.45) is 4.99 Å². The van der Waals surface area contributed by atoms with Gasteiger partial charge in [0, 0.05) is 17.4 Å². The molecule has 0 aromatic heterocycles. The van der Waals surface area contributed by atoms with Crippen molar-refractivity contribution in [3.63, 3.8) is 0 Å². The van der Waals surface area contributed by atoms with E-state index in [2.05, 4.69) is 4.99 Å². The van der Waals surface area contributed by atoms with Crippen molar-refractivity contribution in [3.8, 4) is 0 Å². The van der Waals surface area contributed by atoms with Crippen LogP contribution in [0.25, 0.3) is 0 Å². The van der Waals surface area contributed by atoms with E-state index in [9.17, 15) is 18.0 Å². The van der Waals surface area contributed by atoms with Gasteiger partial charge in [0.15, 0.2) is 15.0 Å². The van der Waals surface area contributed by atoms with Gasteiger partial charge in [0.1, 0.15) is 0 Å². The van der Waals surface area contributed by atoms with Crippen molar-refractivity contribution in [2.75, 3.05) is 16.4 Å². The Morgan fingerprint density at radius 2 is 1.82 bits per heavy atom. The van der Waals surface area contributed by atoms with Crippen LogP contribution < -0.4 is 4.90 Å². The Bertz CT molecular complexity index is 904. The van der Waals surface area contributed by atoms with Crippen molar-refractivity contribution in [1.82, 2.24) is 0 Å². The first kappa shape index (κ1) is 20.9. The number of aryl methyl sites for hydroxylation is 2. The summed E-state index contributed by atoms with van der Waals surface area (Å²) in [6.07, 6.45) is 1.10. The van der Waals surface area contributed by atoms with Gasteiger partial charge in [-0.2, -0.15) is 4.99 Å². The molecule has 9 heteroatoms. The second kappa shape index (κ2) is 8.24. The summed E-state index contributed by atoms with van der Waals surface area (Å²) in [5.41, 5.74) is 3.10. The number of rotatable bonds is 6. The highest BCUT2D eigenvalue weighted by Crippen LogP contribution is 2.43. The molecule has 1 aromatic rings. The van der Waals surface area contributed by atoms with Crippen molar-refractivity contribution in [2.45, 2.75) is 50.8 Å². The summed E-state index contributed by atoms with van der Waals surface area (Å²) in [5, 5.41) is 9.10. The molecule has 28 heavy (non-hydrogen) atoms. The molecule has 152 valence electrons. The quantitative estimate of drug-likeness (QED) is 0.747. The minimum Gasteiger partial charge on any atom is -0.481 e. The number of aliphatic carboxylic acids is 1. The molecule has 2 fully saturated rings.